The summed E-state index contributed by atoms with van der Waals surface area (Å²) in [6.07, 6.45) is 0.366. The van der Waals surface area contributed by atoms with Crippen LogP contribution in [0, 0.1) is 0 Å². The smallest absolute Gasteiger partial charge is 0.253 e. The van der Waals surface area contributed by atoms with Crippen LogP contribution in [0.1, 0.15) is 36.2 Å². The van der Waals surface area contributed by atoms with Gasteiger partial charge in [-0.15, -0.1) is 0 Å². The number of amides is 2. The summed E-state index contributed by atoms with van der Waals surface area (Å²) in [5.41, 5.74) is 1.68. The van der Waals surface area contributed by atoms with E-state index in [1.165, 1.54) is 0 Å². The van der Waals surface area contributed by atoms with Gasteiger partial charge in [0, 0.05) is 42.6 Å². The molecule has 1 N–H and O–H groups in total. The zero-order valence-corrected chi connectivity index (χ0v) is 12.4. The van der Waals surface area contributed by atoms with Crippen molar-refractivity contribution in [3.8, 4) is 5.75 Å². The highest BCUT2D eigenvalue weighted by molar-refractivity contribution is 5.95. The highest BCUT2D eigenvalue weighted by atomic mass is 16.5. The van der Waals surface area contributed by atoms with Gasteiger partial charge in [0.05, 0.1) is 6.61 Å². The van der Waals surface area contributed by atoms with E-state index < -0.39 is 0 Å². The topological polar surface area (TPSA) is 58.6 Å². The molecule has 1 fully saturated rings. The second-order valence-corrected chi connectivity index (χ2v) is 6.28. The second-order valence-electron chi connectivity index (χ2n) is 6.28. The number of ether oxygens (including phenoxy) is 1. The first-order chi connectivity index (χ1) is 9.97. The Balaban J connectivity index is 1.84. The van der Waals surface area contributed by atoms with E-state index in [9.17, 15) is 9.59 Å². The summed E-state index contributed by atoms with van der Waals surface area (Å²) in [4.78, 5) is 25.7. The molecule has 2 amide bonds. The van der Waals surface area contributed by atoms with E-state index in [-0.39, 0.29) is 17.2 Å². The summed E-state index contributed by atoms with van der Waals surface area (Å²) in [7, 11) is 0. The first-order valence-electron chi connectivity index (χ1n) is 7.31. The van der Waals surface area contributed by atoms with Crippen LogP contribution in [-0.2, 0) is 10.2 Å². The van der Waals surface area contributed by atoms with Crippen LogP contribution in [0.3, 0.4) is 0 Å². The second kappa shape index (κ2) is 5.06. The lowest BCUT2D eigenvalue weighted by Crippen LogP contribution is -2.34. The lowest BCUT2D eigenvalue weighted by molar-refractivity contribution is -0.120. The summed E-state index contributed by atoms with van der Waals surface area (Å²) in [5, 5.41) is 2.78. The van der Waals surface area contributed by atoms with Crippen molar-refractivity contribution in [3.63, 3.8) is 0 Å². The molecule has 0 atom stereocenters. The van der Waals surface area contributed by atoms with E-state index in [0.717, 1.165) is 11.3 Å². The van der Waals surface area contributed by atoms with Crippen molar-refractivity contribution in [2.75, 3.05) is 26.2 Å². The summed E-state index contributed by atoms with van der Waals surface area (Å²) in [6.45, 7) is 6.42. The summed E-state index contributed by atoms with van der Waals surface area (Å²) in [6, 6.07) is 5.62. The van der Waals surface area contributed by atoms with Gasteiger partial charge in [-0.3, -0.25) is 9.59 Å². The molecular weight excluding hydrogens is 268 g/mol. The number of hydrogen-bond acceptors (Lipinski definition) is 3. The summed E-state index contributed by atoms with van der Waals surface area (Å²) >= 11 is 0. The molecule has 1 aromatic carbocycles. The Hall–Kier alpha value is -2.04. The molecule has 0 radical (unpaired) electrons. The van der Waals surface area contributed by atoms with Crippen molar-refractivity contribution in [2.24, 2.45) is 0 Å². The molecule has 3 rings (SSSR count). The Morgan fingerprint density at radius 2 is 2.14 bits per heavy atom. The number of nitrogens with one attached hydrogen (secondary N) is 1. The average Bonchev–Trinajstić information content (AvgIpc) is 2.63. The third-order valence-electron chi connectivity index (χ3n) is 4.14. The van der Waals surface area contributed by atoms with Gasteiger partial charge in [0.15, 0.2) is 0 Å². The molecule has 2 aliphatic heterocycles. The number of rotatable bonds is 1. The Morgan fingerprint density at radius 1 is 1.33 bits per heavy atom. The monoisotopic (exact) mass is 288 g/mol. The van der Waals surface area contributed by atoms with Gasteiger partial charge in [-0.1, -0.05) is 13.8 Å². The number of carbonyl (C=O) groups is 2. The lowest BCUT2D eigenvalue weighted by atomic mass is 9.86. The fourth-order valence-electron chi connectivity index (χ4n) is 2.81. The molecule has 0 saturated carbocycles. The van der Waals surface area contributed by atoms with Crippen molar-refractivity contribution < 1.29 is 14.3 Å². The van der Waals surface area contributed by atoms with Crippen LogP contribution in [0.4, 0.5) is 0 Å². The molecule has 2 aliphatic rings. The van der Waals surface area contributed by atoms with Gasteiger partial charge in [0.25, 0.3) is 5.91 Å². The van der Waals surface area contributed by atoms with Crippen LogP contribution in [0.25, 0.3) is 0 Å². The maximum atomic E-state index is 12.6. The van der Waals surface area contributed by atoms with E-state index >= 15 is 0 Å². The molecule has 21 heavy (non-hydrogen) atoms. The SMILES string of the molecule is CC1(C)COc2ccc(C(=O)N3CCNC(=O)CC3)cc21. The van der Waals surface area contributed by atoms with Crippen LogP contribution < -0.4 is 10.1 Å². The van der Waals surface area contributed by atoms with Crippen LogP contribution in [0.5, 0.6) is 5.75 Å². The standard InChI is InChI=1S/C16H20N2O3/c1-16(2)10-21-13-4-3-11(9-12(13)16)15(20)18-7-5-14(19)17-6-8-18/h3-4,9H,5-8,10H2,1-2H3,(H,17,19). The number of hydrogen-bond donors (Lipinski definition) is 1. The van der Waals surface area contributed by atoms with E-state index in [1.54, 1.807) is 4.90 Å². The van der Waals surface area contributed by atoms with Crippen LogP contribution in [-0.4, -0.2) is 43.0 Å². The Kier molecular flexibility index (Phi) is 3.35. The summed E-state index contributed by atoms with van der Waals surface area (Å²) < 4.78 is 5.65. The normalized spacial score (nSPS) is 20.3. The van der Waals surface area contributed by atoms with E-state index in [1.807, 2.05) is 18.2 Å². The van der Waals surface area contributed by atoms with Gasteiger partial charge in [-0.2, -0.15) is 0 Å². The molecule has 2 heterocycles. The predicted molar refractivity (Wildman–Crippen MR) is 78.5 cm³/mol. The van der Waals surface area contributed by atoms with Crippen molar-refractivity contribution in [1.29, 1.82) is 0 Å². The maximum Gasteiger partial charge on any atom is 0.253 e. The number of benzene rings is 1. The fourth-order valence-corrected chi connectivity index (χ4v) is 2.81. The van der Waals surface area contributed by atoms with E-state index in [0.29, 0.717) is 38.2 Å². The minimum Gasteiger partial charge on any atom is -0.492 e. The summed E-state index contributed by atoms with van der Waals surface area (Å²) in [5.74, 6) is 0.857. The van der Waals surface area contributed by atoms with Crippen LogP contribution in [0.2, 0.25) is 0 Å². The first kappa shape index (κ1) is 13.9. The molecule has 0 bridgehead atoms. The van der Waals surface area contributed by atoms with Crippen LogP contribution >= 0.6 is 0 Å². The van der Waals surface area contributed by atoms with Gasteiger partial charge in [0.2, 0.25) is 5.91 Å². The number of fused-ring (bicyclic) bond motifs is 1. The minimum absolute atomic E-state index is 0.00814. The molecular formula is C16H20N2O3. The van der Waals surface area contributed by atoms with Gasteiger partial charge in [0.1, 0.15) is 5.75 Å². The molecule has 112 valence electrons. The molecule has 5 heteroatoms. The van der Waals surface area contributed by atoms with Crippen LogP contribution in [0.15, 0.2) is 18.2 Å². The molecule has 0 aromatic heterocycles. The van der Waals surface area contributed by atoms with Crippen molar-refractivity contribution in [2.45, 2.75) is 25.7 Å². The minimum atomic E-state index is -0.0675. The third kappa shape index (κ3) is 2.60. The highest BCUT2D eigenvalue weighted by Gasteiger charge is 2.32. The average molecular weight is 288 g/mol. The van der Waals surface area contributed by atoms with Gasteiger partial charge in [-0.25, -0.2) is 0 Å². The van der Waals surface area contributed by atoms with Crippen molar-refractivity contribution >= 4 is 11.8 Å². The zero-order chi connectivity index (χ0) is 15.0. The number of carbonyl (C=O) groups excluding carboxylic acids is 2. The largest absolute Gasteiger partial charge is 0.492 e. The zero-order valence-electron chi connectivity index (χ0n) is 12.4. The molecule has 0 unspecified atom stereocenters. The van der Waals surface area contributed by atoms with Crippen molar-refractivity contribution in [1.82, 2.24) is 10.2 Å². The highest BCUT2D eigenvalue weighted by Crippen LogP contribution is 2.38. The van der Waals surface area contributed by atoms with Crippen molar-refractivity contribution in [3.05, 3.63) is 29.3 Å². The Bertz CT molecular complexity index is 595. The van der Waals surface area contributed by atoms with Gasteiger partial charge >= 0.3 is 0 Å². The third-order valence-corrected chi connectivity index (χ3v) is 4.14. The Labute approximate surface area is 124 Å². The molecule has 1 saturated heterocycles. The molecule has 0 aliphatic carbocycles. The molecule has 1 aromatic rings. The maximum absolute atomic E-state index is 12.6. The predicted octanol–water partition coefficient (Wildman–Crippen LogP) is 1.32. The van der Waals surface area contributed by atoms with E-state index in [2.05, 4.69) is 19.2 Å². The van der Waals surface area contributed by atoms with Gasteiger partial charge < -0.3 is 15.0 Å². The van der Waals surface area contributed by atoms with E-state index in [4.69, 9.17) is 4.74 Å². The molecule has 0 spiro atoms. The quantitative estimate of drug-likeness (QED) is 0.848. The Morgan fingerprint density at radius 3 is 2.95 bits per heavy atom. The van der Waals surface area contributed by atoms with Gasteiger partial charge in [-0.05, 0) is 18.2 Å². The fraction of sp³-hybridized carbons (Fsp3) is 0.500. The lowest BCUT2D eigenvalue weighted by Gasteiger charge is -2.21. The molecule has 5 nitrogen and oxygen atoms in total. The first-order valence-corrected chi connectivity index (χ1v) is 7.31. The number of nitrogens with zero attached hydrogens (tertiary/aromatic N) is 1.